The largest absolute Gasteiger partial charge is 0.416 e. The summed E-state index contributed by atoms with van der Waals surface area (Å²) in [7, 11) is 0. The van der Waals surface area contributed by atoms with Crippen molar-refractivity contribution in [2.24, 2.45) is 0 Å². The average Bonchev–Trinajstić information content (AvgIpc) is 2.39. The second-order valence-corrected chi connectivity index (χ2v) is 4.96. The van der Waals surface area contributed by atoms with Gasteiger partial charge >= 0.3 is 12.4 Å². The van der Waals surface area contributed by atoms with Gasteiger partial charge in [-0.05, 0) is 18.2 Å². The molecule has 0 aliphatic carbocycles. The summed E-state index contributed by atoms with van der Waals surface area (Å²) in [5, 5.41) is 2.84. The van der Waals surface area contributed by atoms with Crippen molar-refractivity contribution in [2.45, 2.75) is 18.4 Å². The lowest BCUT2D eigenvalue weighted by Crippen LogP contribution is -2.49. The molecule has 1 aromatic carbocycles. The molecular formula is C13H13F7N2. The zero-order valence-corrected chi connectivity index (χ0v) is 11.2. The Kier molecular flexibility index (Phi) is 4.67. The van der Waals surface area contributed by atoms with Gasteiger partial charge in [-0.15, -0.1) is 0 Å². The van der Waals surface area contributed by atoms with Crippen LogP contribution < -0.4 is 5.32 Å². The quantitative estimate of drug-likeness (QED) is 0.837. The topological polar surface area (TPSA) is 15.3 Å². The van der Waals surface area contributed by atoms with E-state index in [1.807, 2.05) is 0 Å². The van der Waals surface area contributed by atoms with Crippen LogP contribution >= 0.6 is 0 Å². The minimum absolute atomic E-state index is 0.0279. The van der Waals surface area contributed by atoms with Gasteiger partial charge in [0.25, 0.3) is 0 Å². The second kappa shape index (κ2) is 6.04. The lowest BCUT2D eigenvalue weighted by atomic mass is 10.00. The number of nitrogens with zero attached hydrogens (tertiary/aromatic N) is 1. The Balaban J connectivity index is 2.47. The van der Waals surface area contributed by atoms with E-state index in [1.165, 1.54) is 0 Å². The summed E-state index contributed by atoms with van der Waals surface area (Å²) in [6.45, 7) is 0.458. The molecule has 0 spiro atoms. The highest BCUT2D eigenvalue weighted by molar-refractivity contribution is 5.30. The average molecular weight is 330 g/mol. The van der Waals surface area contributed by atoms with Gasteiger partial charge in [-0.3, -0.25) is 4.90 Å². The van der Waals surface area contributed by atoms with Gasteiger partial charge in [0.1, 0.15) is 11.9 Å². The number of benzene rings is 1. The van der Waals surface area contributed by atoms with Gasteiger partial charge in [0.15, 0.2) is 0 Å². The Hall–Kier alpha value is -1.35. The maximum Gasteiger partial charge on any atom is 0.416 e. The van der Waals surface area contributed by atoms with E-state index in [4.69, 9.17) is 0 Å². The van der Waals surface area contributed by atoms with Crippen LogP contribution in [0.5, 0.6) is 0 Å². The molecule has 1 saturated heterocycles. The van der Waals surface area contributed by atoms with Gasteiger partial charge in [-0.25, -0.2) is 4.39 Å². The van der Waals surface area contributed by atoms with Crippen molar-refractivity contribution in [3.63, 3.8) is 0 Å². The predicted octanol–water partition coefficient (Wildman–Crippen LogP) is 3.35. The monoisotopic (exact) mass is 330 g/mol. The number of nitrogens with one attached hydrogen (secondary N) is 1. The Labute approximate surface area is 121 Å². The van der Waals surface area contributed by atoms with Crippen LogP contribution in [0.3, 0.4) is 0 Å². The van der Waals surface area contributed by atoms with Crippen LogP contribution in [-0.4, -0.2) is 37.3 Å². The molecule has 1 N–H and O–H groups in total. The number of piperazine rings is 1. The van der Waals surface area contributed by atoms with Crippen LogP contribution in [0.1, 0.15) is 17.2 Å². The van der Waals surface area contributed by atoms with Crippen molar-refractivity contribution in [3.8, 4) is 0 Å². The van der Waals surface area contributed by atoms with Crippen molar-refractivity contribution in [1.82, 2.24) is 10.2 Å². The van der Waals surface area contributed by atoms with E-state index in [0.717, 1.165) is 4.90 Å². The van der Waals surface area contributed by atoms with Gasteiger partial charge in [-0.2, -0.15) is 26.3 Å². The Morgan fingerprint density at radius 1 is 1.00 bits per heavy atom. The van der Waals surface area contributed by atoms with Crippen LogP contribution in [0.15, 0.2) is 18.2 Å². The summed E-state index contributed by atoms with van der Waals surface area (Å²) >= 11 is 0. The fourth-order valence-corrected chi connectivity index (χ4v) is 2.45. The Morgan fingerprint density at radius 3 is 2.09 bits per heavy atom. The van der Waals surface area contributed by atoms with E-state index in [-0.39, 0.29) is 32.2 Å². The standard InChI is InChI=1S/C13H13F7N2/c14-10-2-1-8(12(15,16)17)7-9(10)11(13(18,19)20)22-5-3-21-4-6-22/h1-2,7,11,21H,3-6H2/t11-/m1/s1. The summed E-state index contributed by atoms with van der Waals surface area (Å²) in [6.07, 6.45) is -9.70. The van der Waals surface area contributed by atoms with Crippen molar-refractivity contribution >= 4 is 0 Å². The van der Waals surface area contributed by atoms with Crippen LogP contribution in [0.2, 0.25) is 0 Å². The van der Waals surface area contributed by atoms with E-state index in [1.54, 1.807) is 0 Å². The van der Waals surface area contributed by atoms with Gasteiger partial charge in [0.2, 0.25) is 0 Å². The van der Waals surface area contributed by atoms with Crippen molar-refractivity contribution in [1.29, 1.82) is 0 Å². The van der Waals surface area contributed by atoms with Crippen molar-refractivity contribution < 1.29 is 30.7 Å². The van der Waals surface area contributed by atoms with Crippen molar-refractivity contribution in [2.75, 3.05) is 26.2 Å². The second-order valence-electron chi connectivity index (χ2n) is 4.96. The molecule has 1 atom stereocenters. The fourth-order valence-electron chi connectivity index (χ4n) is 2.45. The van der Waals surface area contributed by atoms with Crippen LogP contribution in [0, 0.1) is 5.82 Å². The number of hydrogen-bond acceptors (Lipinski definition) is 2. The maximum atomic E-state index is 13.8. The van der Waals surface area contributed by atoms with E-state index < -0.39 is 35.3 Å². The minimum atomic E-state index is -4.87. The molecule has 1 fully saturated rings. The first kappa shape index (κ1) is 17.0. The number of halogens is 7. The molecule has 9 heteroatoms. The Bertz CT molecular complexity index is 518. The number of alkyl halides is 6. The fraction of sp³-hybridized carbons (Fsp3) is 0.538. The normalized spacial score (nSPS) is 19.2. The van der Waals surface area contributed by atoms with E-state index in [2.05, 4.69) is 5.32 Å². The molecule has 0 amide bonds. The van der Waals surface area contributed by atoms with E-state index in [0.29, 0.717) is 12.1 Å². The molecule has 0 aromatic heterocycles. The van der Waals surface area contributed by atoms with Gasteiger partial charge < -0.3 is 5.32 Å². The molecule has 124 valence electrons. The smallest absolute Gasteiger partial charge is 0.314 e. The third kappa shape index (κ3) is 3.70. The molecule has 2 nitrogen and oxygen atoms in total. The van der Waals surface area contributed by atoms with Crippen LogP contribution in [0.4, 0.5) is 30.7 Å². The summed E-state index contributed by atoms with van der Waals surface area (Å²) in [4.78, 5) is 0.940. The SMILES string of the molecule is Fc1ccc(C(F)(F)F)cc1[C@@H](N1CCNCC1)C(F)(F)F. The van der Waals surface area contributed by atoms with Crippen LogP contribution in [0.25, 0.3) is 0 Å². The highest BCUT2D eigenvalue weighted by Crippen LogP contribution is 2.41. The summed E-state index contributed by atoms with van der Waals surface area (Å²) in [5.74, 6) is -1.30. The first-order valence-corrected chi connectivity index (χ1v) is 6.49. The van der Waals surface area contributed by atoms with E-state index in [9.17, 15) is 30.7 Å². The zero-order chi connectivity index (χ0) is 16.5. The van der Waals surface area contributed by atoms with E-state index >= 15 is 0 Å². The molecule has 0 bridgehead atoms. The molecule has 1 aliphatic rings. The molecule has 0 radical (unpaired) electrons. The highest BCUT2D eigenvalue weighted by atomic mass is 19.4. The maximum absolute atomic E-state index is 13.8. The third-order valence-corrected chi connectivity index (χ3v) is 3.44. The van der Waals surface area contributed by atoms with Gasteiger partial charge in [-0.1, -0.05) is 0 Å². The lowest BCUT2D eigenvalue weighted by molar-refractivity contribution is -0.189. The molecular weight excluding hydrogens is 317 g/mol. The molecule has 1 aromatic rings. The van der Waals surface area contributed by atoms with Crippen LogP contribution in [-0.2, 0) is 6.18 Å². The summed E-state index contributed by atoms with van der Waals surface area (Å²) < 4.78 is 91.7. The third-order valence-electron chi connectivity index (χ3n) is 3.44. The molecule has 1 heterocycles. The molecule has 0 saturated carbocycles. The molecule has 1 aliphatic heterocycles. The predicted molar refractivity (Wildman–Crippen MR) is 64.6 cm³/mol. The number of hydrogen-bond donors (Lipinski definition) is 1. The number of rotatable bonds is 2. The first-order valence-electron chi connectivity index (χ1n) is 6.49. The minimum Gasteiger partial charge on any atom is -0.314 e. The van der Waals surface area contributed by atoms with Crippen molar-refractivity contribution in [3.05, 3.63) is 35.1 Å². The lowest BCUT2D eigenvalue weighted by Gasteiger charge is -2.36. The Morgan fingerprint density at radius 2 is 1.59 bits per heavy atom. The molecule has 22 heavy (non-hydrogen) atoms. The highest BCUT2D eigenvalue weighted by Gasteiger charge is 2.47. The first-order chi connectivity index (χ1) is 10.1. The summed E-state index contributed by atoms with van der Waals surface area (Å²) in [5.41, 5.74) is -2.29. The molecule has 2 rings (SSSR count). The molecule has 0 unspecified atom stereocenters. The van der Waals surface area contributed by atoms with Gasteiger partial charge in [0, 0.05) is 31.7 Å². The zero-order valence-electron chi connectivity index (χ0n) is 11.2. The summed E-state index contributed by atoms with van der Waals surface area (Å²) in [6, 6.07) is -1.28. The van der Waals surface area contributed by atoms with Gasteiger partial charge in [0.05, 0.1) is 5.56 Å².